The van der Waals surface area contributed by atoms with Crippen molar-refractivity contribution in [1.29, 1.82) is 0 Å². The molecule has 10 atom stereocenters. The van der Waals surface area contributed by atoms with Crippen LogP contribution in [0.4, 0.5) is 0 Å². The van der Waals surface area contributed by atoms with Gasteiger partial charge in [0.15, 0.2) is 0 Å². The Balaban J connectivity index is 1.37. The van der Waals surface area contributed by atoms with Crippen molar-refractivity contribution in [3.8, 4) is 28.4 Å². The van der Waals surface area contributed by atoms with Gasteiger partial charge < -0.3 is 69.0 Å². The molecule has 0 radical (unpaired) electrons. The minimum Gasteiger partial charge on any atom is -0.496 e. The van der Waals surface area contributed by atoms with E-state index < -0.39 is 80.1 Å². The zero-order valence-corrected chi connectivity index (χ0v) is 22.7. The van der Waals surface area contributed by atoms with E-state index in [-0.39, 0.29) is 33.8 Å². The highest BCUT2D eigenvalue weighted by Crippen LogP contribution is 2.34. The van der Waals surface area contributed by atoms with E-state index in [1.807, 2.05) is 0 Å². The number of aliphatic hydroxyl groups excluding tert-OH is 8. The standard InChI is InChI=1S/C28H32O15/c1-38-15-6-13(41-28-26(37)24(35)22(33)18(9-30)43-28)7-16-19(15)20(31)14(10-39-16)11-2-4-12(5-3-11)40-27-25(36)23(34)21(32)17(8-29)42-27/h2-7,10,17-18,21-30,32-37H,8-9H2,1H3/t17-,18-,21-,22-,23+,24+,25-,26-,27-,28-/m1/s1. The van der Waals surface area contributed by atoms with Crippen molar-refractivity contribution in [1.82, 2.24) is 0 Å². The number of ether oxygens (including phenoxy) is 5. The van der Waals surface area contributed by atoms with Gasteiger partial charge in [0.05, 0.1) is 25.9 Å². The number of aliphatic hydroxyl groups is 8. The molecule has 2 fully saturated rings. The van der Waals surface area contributed by atoms with Crippen LogP contribution in [0.1, 0.15) is 0 Å². The first-order chi connectivity index (χ1) is 20.6. The minimum absolute atomic E-state index is 0.0410. The van der Waals surface area contributed by atoms with Crippen LogP contribution in [0.2, 0.25) is 0 Å². The molecule has 8 N–H and O–H groups in total. The predicted molar refractivity (Wildman–Crippen MR) is 143 cm³/mol. The second-order valence-corrected chi connectivity index (χ2v) is 10.1. The van der Waals surface area contributed by atoms with Gasteiger partial charge in [-0.1, -0.05) is 12.1 Å². The second-order valence-electron chi connectivity index (χ2n) is 10.1. The van der Waals surface area contributed by atoms with E-state index >= 15 is 0 Å². The summed E-state index contributed by atoms with van der Waals surface area (Å²) in [6, 6.07) is 8.74. The first-order valence-corrected chi connectivity index (χ1v) is 13.3. The maximum absolute atomic E-state index is 13.5. The molecule has 5 rings (SSSR count). The van der Waals surface area contributed by atoms with Crippen LogP contribution in [0, 0.1) is 0 Å². The number of hydrogen-bond donors (Lipinski definition) is 8. The number of fused-ring (bicyclic) bond motifs is 1. The number of hydrogen-bond acceptors (Lipinski definition) is 15. The lowest BCUT2D eigenvalue weighted by atomic mass is 9.99. The molecule has 3 heterocycles. The summed E-state index contributed by atoms with van der Waals surface area (Å²) in [4.78, 5) is 13.5. The average Bonchev–Trinajstić information content (AvgIpc) is 3.01. The molecule has 0 aliphatic carbocycles. The molecular weight excluding hydrogens is 576 g/mol. The molecule has 0 spiro atoms. The van der Waals surface area contributed by atoms with E-state index in [4.69, 9.17) is 28.1 Å². The molecule has 2 aliphatic heterocycles. The van der Waals surface area contributed by atoms with Gasteiger partial charge in [-0.05, 0) is 17.7 Å². The Morgan fingerprint density at radius 3 is 1.77 bits per heavy atom. The number of methoxy groups -OCH3 is 1. The van der Waals surface area contributed by atoms with Crippen molar-refractivity contribution in [3.63, 3.8) is 0 Å². The van der Waals surface area contributed by atoms with Crippen LogP contribution in [-0.2, 0) is 9.47 Å². The largest absolute Gasteiger partial charge is 0.496 e. The maximum Gasteiger partial charge on any atom is 0.229 e. The topological polar surface area (TPSA) is 238 Å². The molecule has 0 saturated carbocycles. The van der Waals surface area contributed by atoms with Gasteiger partial charge in [0, 0.05) is 12.1 Å². The lowest BCUT2D eigenvalue weighted by Gasteiger charge is -2.39. The molecule has 43 heavy (non-hydrogen) atoms. The monoisotopic (exact) mass is 608 g/mol. The van der Waals surface area contributed by atoms with Crippen LogP contribution in [0.3, 0.4) is 0 Å². The van der Waals surface area contributed by atoms with Gasteiger partial charge in [-0.25, -0.2) is 0 Å². The quantitative estimate of drug-likeness (QED) is 0.136. The third-order valence-corrected chi connectivity index (χ3v) is 7.40. The number of rotatable bonds is 8. The van der Waals surface area contributed by atoms with E-state index in [1.54, 1.807) is 12.1 Å². The molecule has 3 aromatic rings. The smallest absolute Gasteiger partial charge is 0.229 e. The van der Waals surface area contributed by atoms with Gasteiger partial charge in [-0.3, -0.25) is 4.79 Å². The van der Waals surface area contributed by atoms with Gasteiger partial charge >= 0.3 is 0 Å². The molecule has 2 aromatic carbocycles. The molecule has 15 heteroatoms. The summed E-state index contributed by atoms with van der Waals surface area (Å²) in [5, 5.41) is 79.3. The average molecular weight is 609 g/mol. The van der Waals surface area contributed by atoms with Crippen LogP contribution in [0.25, 0.3) is 22.1 Å². The highest BCUT2D eigenvalue weighted by molar-refractivity contribution is 5.88. The summed E-state index contributed by atoms with van der Waals surface area (Å²) in [6.07, 6.45) is -13.5. The zero-order valence-electron chi connectivity index (χ0n) is 22.7. The molecule has 0 unspecified atom stereocenters. The Morgan fingerprint density at radius 2 is 1.26 bits per heavy atom. The predicted octanol–water partition coefficient (Wildman–Crippen LogP) is -2.17. The van der Waals surface area contributed by atoms with Crippen LogP contribution >= 0.6 is 0 Å². The summed E-state index contributed by atoms with van der Waals surface area (Å²) in [7, 11) is 1.32. The first kappa shape index (κ1) is 31.1. The fourth-order valence-electron chi connectivity index (χ4n) is 4.93. The first-order valence-electron chi connectivity index (χ1n) is 13.3. The summed E-state index contributed by atoms with van der Waals surface area (Å²) in [6.45, 7) is -1.24. The van der Waals surface area contributed by atoms with Gasteiger partial charge in [0.1, 0.15) is 83.3 Å². The molecular formula is C28H32O15. The Morgan fingerprint density at radius 1 is 0.721 bits per heavy atom. The summed E-state index contributed by atoms with van der Waals surface area (Å²) in [5.41, 5.74) is 0.198. The van der Waals surface area contributed by atoms with Crippen molar-refractivity contribution in [2.45, 2.75) is 61.4 Å². The van der Waals surface area contributed by atoms with Crippen LogP contribution in [0.5, 0.6) is 17.2 Å². The van der Waals surface area contributed by atoms with Crippen molar-refractivity contribution in [2.24, 2.45) is 0 Å². The Labute approximate surface area is 243 Å². The molecule has 234 valence electrons. The van der Waals surface area contributed by atoms with Gasteiger partial charge in [-0.15, -0.1) is 0 Å². The van der Waals surface area contributed by atoms with Crippen LogP contribution in [-0.4, -0.2) is 123 Å². The van der Waals surface area contributed by atoms with E-state index in [1.165, 1.54) is 37.6 Å². The minimum atomic E-state index is -1.65. The van der Waals surface area contributed by atoms with Crippen molar-refractivity contribution in [3.05, 3.63) is 52.9 Å². The van der Waals surface area contributed by atoms with Gasteiger partial charge in [-0.2, -0.15) is 0 Å². The molecule has 0 bridgehead atoms. The Kier molecular flexibility index (Phi) is 9.19. The molecule has 1 aromatic heterocycles. The zero-order chi connectivity index (χ0) is 31.0. The Bertz CT molecular complexity index is 1460. The third-order valence-electron chi connectivity index (χ3n) is 7.40. The normalized spacial score (nSPS) is 32.9. The SMILES string of the molecule is COc1cc(O[C@@H]2O[C@H](CO)[C@@H](O)[C@H](O)[C@H]2O)cc2occ(-c3ccc(O[C@@H]4O[C@H](CO)[C@@H](O)[C@H](O)[C@H]4O)cc3)c(=O)c12. The van der Waals surface area contributed by atoms with E-state index in [0.29, 0.717) is 5.56 Å². The summed E-state index contributed by atoms with van der Waals surface area (Å²) in [5.74, 6) is 0.306. The van der Waals surface area contributed by atoms with E-state index in [9.17, 15) is 45.6 Å². The lowest BCUT2D eigenvalue weighted by molar-refractivity contribution is -0.277. The Hall–Kier alpha value is -3.35. The fourth-order valence-corrected chi connectivity index (χ4v) is 4.93. The van der Waals surface area contributed by atoms with E-state index in [2.05, 4.69) is 0 Å². The van der Waals surface area contributed by atoms with Gasteiger partial charge in [0.2, 0.25) is 18.0 Å². The maximum atomic E-state index is 13.5. The third kappa shape index (κ3) is 5.92. The number of benzene rings is 2. The van der Waals surface area contributed by atoms with E-state index in [0.717, 1.165) is 0 Å². The molecule has 2 saturated heterocycles. The molecule has 0 amide bonds. The molecule has 2 aliphatic rings. The highest BCUT2D eigenvalue weighted by atomic mass is 16.7. The van der Waals surface area contributed by atoms with Gasteiger partial charge in [0.25, 0.3) is 0 Å². The van der Waals surface area contributed by atoms with Crippen molar-refractivity contribution < 1.29 is 69.0 Å². The van der Waals surface area contributed by atoms with Crippen LogP contribution < -0.4 is 19.6 Å². The molecule has 15 nitrogen and oxygen atoms in total. The highest BCUT2D eigenvalue weighted by Gasteiger charge is 2.46. The second kappa shape index (κ2) is 12.7. The lowest BCUT2D eigenvalue weighted by Crippen LogP contribution is -2.60. The summed E-state index contributed by atoms with van der Waals surface area (Å²) >= 11 is 0. The summed E-state index contributed by atoms with van der Waals surface area (Å²) < 4.78 is 33.1. The van der Waals surface area contributed by atoms with Crippen molar-refractivity contribution in [2.75, 3.05) is 20.3 Å². The fraction of sp³-hybridized carbons (Fsp3) is 0.464. The van der Waals surface area contributed by atoms with Crippen molar-refractivity contribution >= 4 is 11.0 Å². The van der Waals surface area contributed by atoms with Crippen LogP contribution in [0.15, 0.2) is 51.9 Å².